The second-order valence-electron chi connectivity index (χ2n) is 5.27. The van der Waals surface area contributed by atoms with Crippen molar-refractivity contribution in [2.45, 2.75) is 33.6 Å². The van der Waals surface area contributed by atoms with Crippen LogP contribution < -0.4 is 0 Å². The number of alkyl halides is 2. The van der Waals surface area contributed by atoms with Gasteiger partial charge >= 0.3 is 0 Å². The maximum absolute atomic E-state index is 13.2. The molecule has 0 nitrogen and oxygen atoms in total. The monoisotopic (exact) mass is 224 g/mol. The van der Waals surface area contributed by atoms with Crippen LogP contribution in [0.2, 0.25) is 0 Å². The molecule has 0 saturated heterocycles. The van der Waals surface area contributed by atoms with Crippen molar-refractivity contribution in [1.82, 2.24) is 0 Å². The minimum absolute atomic E-state index is 0.0412. The molecular formula is C14H18F2. The van der Waals surface area contributed by atoms with Crippen LogP contribution >= 0.6 is 0 Å². The molecule has 0 spiro atoms. The summed E-state index contributed by atoms with van der Waals surface area (Å²) in [5.41, 5.74) is 3.35. The fraction of sp³-hybridized carbons (Fsp3) is 0.643. The first kappa shape index (κ1) is 11.6. The first-order valence-corrected chi connectivity index (χ1v) is 5.91. The molecule has 0 N–H and O–H groups in total. The lowest BCUT2D eigenvalue weighted by molar-refractivity contribution is 0.0497. The molecule has 0 amide bonds. The zero-order chi connectivity index (χ0) is 11.9. The van der Waals surface area contributed by atoms with Crippen LogP contribution in [-0.2, 0) is 0 Å². The summed E-state index contributed by atoms with van der Waals surface area (Å²) in [5, 5.41) is 0. The van der Waals surface area contributed by atoms with Crippen LogP contribution in [0.5, 0.6) is 0 Å². The zero-order valence-electron chi connectivity index (χ0n) is 10.0. The molecule has 0 aromatic heterocycles. The molecule has 0 aromatic carbocycles. The Kier molecular flexibility index (Phi) is 2.79. The smallest absolute Gasteiger partial charge is 0.210 e. The van der Waals surface area contributed by atoms with Gasteiger partial charge in [-0.05, 0) is 41.9 Å². The molecule has 0 aliphatic heterocycles. The molecule has 2 aliphatic rings. The van der Waals surface area contributed by atoms with Gasteiger partial charge in [-0.1, -0.05) is 26.8 Å². The summed E-state index contributed by atoms with van der Waals surface area (Å²) < 4.78 is 26.3. The van der Waals surface area contributed by atoms with E-state index in [1.54, 1.807) is 6.08 Å². The highest BCUT2D eigenvalue weighted by atomic mass is 19.3. The van der Waals surface area contributed by atoms with Crippen molar-refractivity contribution in [2.75, 3.05) is 0 Å². The molecule has 1 saturated carbocycles. The van der Waals surface area contributed by atoms with Crippen molar-refractivity contribution in [1.29, 1.82) is 0 Å². The van der Waals surface area contributed by atoms with Crippen molar-refractivity contribution in [3.8, 4) is 0 Å². The van der Waals surface area contributed by atoms with E-state index in [0.717, 1.165) is 5.57 Å². The summed E-state index contributed by atoms with van der Waals surface area (Å²) in [4.78, 5) is 0. The number of hydrogen-bond acceptors (Lipinski definition) is 0. The van der Waals surface area contributed by atoms with Gasteiger partial charge in [0.25, 0.3) is 0 Å². The van der Waals surface area contributed by atoms with Crippen LogP contribution in [0.4, 0.5) is 8.78 Å². The van der Waals surface area contributed by atoms with Gasteiger partial charge in [0.05, 0.1) is 0 Å². The van der Waals surface area contributed by atoms with E-state index < -0.39 is 11.8 Å². The maximum atomic E-state index is 13.2. The van der Waals surface area contributed by atoms with E-state index in [0.29, 0.717) is 12.3 Å². The summed E-state index contributed by atoms with van der Waals surface area (Å²) in [6, 6.07) is 0. The van der Waals surface area contributed by atoms with E-state index in [-0.39, 0.29) is 11.8 Å². The molecule has 0 bridgehead atoms. The molecule has 2 aliphatic carbocycles. The van der Waals surface area contributed by atoms with Gasteiger partial charge in [0.1, 0.15) is 0 Å². The highest BCUT2D eigenvalue weighted by molar-refractivity contribution is 5.30. The third-order valence-electron chi connectivity index (χ3n) is 4.17. The van der Waals surface area contributed by atoms with Gasteiger partial charge < -0.3 is 0 Å². The Hall–Kier alpha value is -0.880. The largest absolute Gasteiger partial charge is 0.245 e. The standard InChI is InChI=1S/C14H18F2/c1-9(2)11-6-4-5-7-14(13(15)16)10(3)12(14)8-11/h5-6,8-10,12-13H,7H2,1-3H3/b11-8+. The molecule has 3 atom stereocenters. The van der Waals surface area contributed by atoms with E-state index in [1.165, 1.54) is 0 Å². The van der Waals surface area contributed by atoms with Gasteiger partial charge in [-0.25, -0.2) is 8.78 Å². The Labute approximate surface area is 95.7 Å². The topological polar surface area (TPSA) is 0 Å². The molecule has 2 rings (SSSR count). The van der Waals surface area contributed by atoms with Crippen LogP contribution in [0.3, 0.4) is 0 Å². The first-order valence-electron chi connectivity index (χ1n) is 5.91. The van der Waals surface area contributed by atoms with Gasteiger partial charge in [0.2, 0.25) is 6.43 Å². The van der Waals surface area contributed by atoms with E-state index in [1.807, 2.05) is 19.1 Å². The van der Waals surface area contributed by atoms with Crippen LogP contribution in [-0.4, -0.2) is 6.43 Å². The van der Waals surface area contributed by atoms with Gasteiger partial charge in [0.15, 0.2) is 0 Å². The molecule has 0 heterocycles. The molecule has 88 valence electrons. The average molecular weight is 224 g/mol. The van der Waals surface area contributed by atoms with E-state index in [4.69, 9.17) is 0 Å². The van der Waals surface area contributed by atoms with Crippen LogP contribution in [0.1, 0.15) is 27.2 Å². The summed E-state index contributed by atoms with van der Waals surface area (Å²) in [7, 11) is 0. The predicted octanol–water partition coefficient (Wildman–Crippen LogP) is 4.20. The summed E-state index contributed by atoms with van der Waals surface area (Å²) in [6.07, 6.45) is 3.98. The highest BCUT2D eigenvalue weighted by Gasteiger charge is 2.65. The number of hydrogen-bond donors (Lipinski definition) is 0. The van der Waals surface area contributed by atoms with Gasteiger partial charge in [-0.3, -0.25) is 0 Å². The Morgan fingerprint density at radius 3 is 2.69 bits per heavy atom. The van der Waals surface area contributed by atoms with Crippen LogP contribution in [0.15, 0.2) is 29.5 Å². The van der Waals surface area contributed by atoms with Gasteiger partial charge in [0, 0.05) is 5.41 Å². The van der Waals surface area contributed by atoms with Crippen molar-refractivity contribution >= 4 is 0 Å². The molecule has 1 fully saturated rings. The van der Waals surface area contributed by atoms with Crippen molar-refractivity contribution < 1.29 is 8.78 Å². The van der Waals surface area contributed by atoms with Crippen molar-refractivity contribution in [3.63, 3.8) is 0 Å². The molecule has 2 heteroatoms. The highest BCUT2D eigenvalue weighted by Crippen LogP contribution is 2.65. The fourth-order valence-corrected chi connectivity index (χ4v) is 2.75. The number of allylic oxidation sites excluding steroid dienone is 3. The third-order valence-corrected chi connectivity index (χ3v) is 4.17. The summed E-state index contributed by atoms with van der Waals surface area (Å²) in [5.74, 6) is 0.507. The summed E-state index contributed by atoms with van der Waals surface area (Å²) in [6.45, 7) is 6.11. The normalized spacial score (nSPS) is 40.3. The average Bonchev–Trinajstić information content (AvgIpc) is 2.69. The lowest BCUT2D eigenvalue weighted by Gasteiger charge is -2.15. The quantitative estimate of drug-likeness (QED) is 0.617. The minimum Gasteiger partial charge on any atom is -0.210 e. The van der Waals surface area contributed by atoms with E-state index >= 15 is 0 Å². The Morgan fingerprint density at radius 1 is 1.44 bits per heavy atom. The van der Waals surface area contributed by atoms with E-state index in [2.05, 4.69) is 19.6 Å². The second-order valence-corrected chi connectivity index (χ2v) is 5.27. The zero-order valence-corrected chi connectivity index (χ0v) is 10.0. The Bertz CT molecular complexity index is 372. The predicted molar refractivity (Wildman–Crippen MR) is 61.3 cm³/mol. The molecule has 0 aromatic rings. The van der Waals surface area contributed by atoms with Crippen LogP contribution in [0, 0.1) is 23.2 Å². The number of halogens is 2. The molecule has 3 unspecified atom stereocenters. The molecular weight excluding hydrogens is 206 g/mol. The SMILES string of the molecule is CC(C)/C1=C/C2C(C)C2(C(F)F)CC=C=C1. The van der Waals surface area contributed by atoms with Crippen LogP contribution in [0.25, 0.3) is 0 Å². The maximum Gasteiger partial charge on any atom is 0.245 e. The lowest BCUT2D eigenvalue weighted by Crippen LogP contribution is -2.16. The number of rotatable bonds is 2. The van der Waals surface area contributed by atoms with Crippen molar-refractivity contribution in [2.24, 2.45) is 23.2 Å². The fourth-order valence-electron chi connectivity index (χ4n) is 2.75. The van der Waals surface area contributed by atoms with Crippen molar-refractivity contribution in [3.05, 3.63) is 29.5 Å². The third kappa shape index (κ3) is 1.56. The number of fused-ring (bicyclic) bond motifs is 1. The molecule has 0 radical (unpaired) electrons. The Morgan fingerprint density at radius 2 is 2.12 bits per heavy atom. The second kappa shape index (κ2) is 3.85. The Balaban J connectivity index is 2.35. The lowest BCUT2D eigenvalue weighted by atomic mass is 9.93. The first-order chi connectivity index (χ1) is 7.50. The van der Waals surface area contributed by atoms with Gasteiger partial charge in [-0.15, -0.1) is 5.73 Å². The van der Waals surface area contributed by atoms with E-state index in [9.17, 15) is 8.78 Å². The van der Waals surface area contributed by atoms with Gasteiger partial charge in [-0.2, -0.15) is 0 Å². The minimum atomic E-state index is -2.23. The molecule has 16 heavy (non-hydrogen) atoms. The summed E-state index contributed by atoms with van der Waals surface area (Å²) >= 11 is 0.